The summed E-state index contributed by atoms with van der Waals surface area (Å²) in [6.45, 7) is -0.249. The molecule has 3 amide bonds. The van der Waals surface area contributed by atoms with Gasteiger partial charge >= 0.3 is 6.03 Å². The maximum absolute atomic E-state index is 12.8. The smallest absolute Gasteiger partial charge is 0.325 e. The van der Waals surface area contributed by atoms with E-state index in [4.69, 9.17) is 5.73 Å². The molecule has 1 aromatic carbocycles. The van der Waals surface area contributed by atoms with Crippen molar-refractivity contribution in [1.29, 1.82) is 0 Å². The number of Topliss-reactive ketones (excluding diaryl/α,β-unsaturated/α-hetero) is 1. The highest BCUT2D eigenvalue weighted by molar-refractivity contribution is 6.11. The van der Waals surface area contributed by atoms with Crippen LogP contribution in [0.5, 0.6) is 0 Å². The maximum Gasteiger partial charge on any atom is 0.325 e. The van der Waals surface area contributed by atoms with E-state index in [-0.39, 0.29) is 18.2 Å². The number of nitrogen functional groups attached to an aromatic ring is 1. The number of anilines is 1. The van der Waals surface area contributed by atoms with E-state index in [1.807, 2.05) is 6.07 Å². The van der Waals surface area contributed by atoms with Crippen molar-refractivity contribution in [3.63, 3.8) is 0 Å². The standard InChI is InChI=1S/C21H22N4O3/c22-18-16(5-4-12-23-18)14-6-8-15(9-7-14)17(26)13-25-19(27)21(24-20(25)28)10-2-1-3-11-21/h4-9,12H,1-3,10-11,13H2,(H2,22,23)(H,24,28). The van der Waals surface area contributed by atoms with Gasteiger partial charge in [-0.15, -0.1) is 0 Å². The number of aromatic nitrogens is 1. The molecule has 0 atom stereocenters. The van der Waals surface area contributed by atoms with Gasteiger partial charge in [0.15, 0.2) is 5.78 Å². The summed E-state index contributed by atoms with van der Waals surface area (Å²) in [7, 11) is 0. The molecule has 1 spiro atoms. The number of hydrogen-bond acceptors (Lipinski definition) is 5. The molecule has 1 aliphatic heterocycles. The molecule has 4 rings (SSSR count). The molecule has 1 aromatic heterocycles. The summed E-state index contributed by atoms with van der Waals surface area (Å²) in [6, 6.07) is 10.1. The number of imide groups is 1. The van der Waals surface area contributed by atoms with Gasteiger partial charge in [-0.1, -0.05) is 43.5 Å². The molecule has 2 heterocycles. The average Bonchev–Trinajstić information content (AvgIpc) is 2.93. The van der Waals surface area contributed by atoms with Gasteiger partial charge < -0.3 is 11.1 Å². The topological polar surface area (TPSA) is 105 Å². The Bertz CT molecular complexity index is 933. The first-order chi connectivity index (χ1) is 13.5. The number of hydrogen-bond donors (Lipinski definition) is 2. The van der Waals surface area contributed by atoms with Gasteiger partial charge in [-0.05, 0) is 30.5 Å². The zero-order valence-corrected chi connectivity index (χ0v) is 15.5. The summed E-state index contributed by atoms with van der Waals surface area (Å²) in [4.78, 5) is 42.9. The molecule has 1 aliphatic carbocycles. The number of urea groups is 1. The molecule has 1 saturated heterocycles. The molecule has 3 N–H and O–H groups in total. The molecule has 144 valence electrons. The van der Waals surface area contributed by atoms with E-state index in [0.717, 1.165) is 35.3 Å². The van der Waals surface area contributed by atoms with Gasteiger partial charge in [0.1, 0.15) is 11.4 Å². The van der Waals surface area contributed by atoms with Gasteiger partial charge in [0, 0.05) is 17.3 Å². The molecular weight excluding hydrogens is 356 g/mol. The van der Waals surface area contributed by atoms with E-state index >= 15 is 0 Å². The third-order valence-corrected chi connectivity index (χ3v) is 5.61. The molecule has 0 radical (unpaired) electrons. The van der Waals surface area contributed by atoms with Gasteiger partial charge in [0.05, 0.1) is 6.54 Å². The number of pyridine rings is 1. The monoisotopic (exact) mass is 378 g/mol. The Balaban J connectivity index is 1.49. The van der Waals surface area contributed by atoms with Crippen LogP contribution in [0.15, 0.2) is 42.6 Å². The lowest BCUT2D eigenvalue weighted by atomic mass is 9.82. The van der Waals surface area contributed by atoms with Crippen molar-refractivity contribution in [2.24, 2.45) is 0 Å². The molecule has 28 heavy (non-hydrogen) atoms. The second-order valence-corrected chi connectivity index (χ2v) is 7.40. The summed E-state index contributed by atoms with van der Waals surface area (Å²) in [6.07, 6.45) is 5.79. The summed E-state index contributed by atoms with van der Waals surface area (Å²) in [5, 5.41) is 2.83. The van der Waals surface area contributed by atoms with Gasteiger partial charge in [0.2, 0.25) is 0 Å². The van der Waals surface area contributed by atoms with Crippen LogP contribution in [0.2, 0.25) is 0 Å². The fourth-order valence-electron chi connectivity index (χ4n) is 4.05. The highest BCUT2D eigenvalue weighted by atomic mass is 16.2. The van der Waals surface area contributed by atoms with Crippen molar-refractivity contribution in [2.75, 3.05) is 12.3 Å². The van der Waals surface area contributed by atoms with Gasteiger partial charge in [-0.25, -0.2) is 9.78 Å². The van der Waals surface area contributed by atoms with Crippen molar-refractivity contribution in [2.45, 2.75) is 37.6 Å². The SMILES string of the molecule is Nc1ncccc1-c1ccc(C(=O)CN2C(=O)NC3(CCCCC3)C2=O)cc1. The van der Waals surface area contributed by atoms with Crippen LogP contribution >= 0.6 is 0 Å². The fourth-order valence-corrected chi connectivity index (χ4v) is 4.05. The zero-order valence-electron chi connectivity index (χ0n) is 15.5. The van der Waals surface area contributed by atoms with Gasteiger partial charge in [-0.3, -0.25) is 14.5 Å². The number of nitrogens with two attached hydrogens (primary N) is 1. The second kappa shape index (κ2) is 7.07. The Morgan fingerprint density at radius 2 is 1.82 bits per heavy atom. The van der Waals surface area contributed by atoms with Crippen molar-refractivity contribution in [1.82, 2.24) is 15.2 Å². The number of ketones is 1. The van der Waals surface area contributed by atoms with E-state index in [1.165, 1.54) is 0 Å². The first kappa shape index (κ1) is 18.2. The first-order valence-corrected chi connectivity index (χ1v) is 9.48. The number of nitrogens with zero attached hydrogens (tertiary/aromatic N) is 2. The highest BCUT2D eigenvalue weighted by Gasteiger charge is 2.51. The first-order valence-electron chi connectivity index (χ1n) is 9.48. The van der Waals surface area contributed by atoms with Crippen LogP contribution < -0.4 is 11.1 Å². The normalized spacial score (nSPS) is 18.4. The molecular formula is C21H22N4O3. The van der Waals surface area contributed by atoms with E-state index in [9.17, 15) is 14.4 Å². The van der Waals surface area contributed by atoms with E-state index in [2.05, 4.69) is 10.3 Å². The highest BCUT2D eigenvalue weighted by Crippen LogP contribution is 2.33. The van der Waals surface area contributed by atoms with Crippen molar-refractivity contribution in [3.8, 4) is 11.1 Å². The third-order valence-electron chi connectivity index (χ3n) is 5.61. The number of amides is 3. The van der Waals surface area contributed by atoms with Crippen LogP contribution in [0.3, 0.4) is 0 Å². The minimum Gasteiger partial charge on any atom is -0.383 e. The zero-order chi connectivity index (χ0) is 19.7. The Morgan fingerprint density at radius 3 is 2.50 bits per heavy atom. The maximum atomic E-state index is 12.8. The largest absolute Gasteiger partial charge is 0.383 e. The van der Waals surface area contributed by atoms with E-state index in [1.54, 1.807) is 36.5 Å². The van der Waals surface area contributed by atoms with Crippen LogP contribution in [0.4, 0.5) is 10.6 Å². The minimum absolute atomic E-state index is 0.249. The summed E-state index contributed by atoms with van der Waals surface area (Å²) in [5.41, 5.74) is 7.16. The Hall–Kier alpha value is -3.22. The van der Waals surface area contributed by atoms with Crippen molar-refractivity contribution in [3.05, 3.63) is 48.2 Å². The van der Waals surface area contributed by atoms with Crippen LogP contribution in [-0.2, 0) is 4.79 Å². The minimum atomic E-state index is -0.808. The Labute approximate surface area is 162 Å². The predicted molar refractivity (Wildman–Crippen MR) is 104 cm³/mol. The number of carbonyl (C=O) groups excluding carboxylic acids is 3. The van der Waals surface area contributed by atoms with E-state index < -0.39 is 11.6 Å². The van der Waals surface area contributed by atoms with Crippen LogP contribution in [-0.4, -0.2) is 39.7 Å². The van der Waals surface area contributed by atoms with Crippen LogP contribution in [0, 0.1) is 0 Å². The number of nitrogens with one attached hydrogen (secondary N) is 1. The quantitative estimate of drug-likeness (QED) is 0.629. The molecule has 2 aliphatic rings. The van der Waals surface area contributed by atoms with Gasteiger partial charge in [-0.2, -0.15) is 0 Å². The van der Waals surface area contributed by atoms with Crippen LogP contribution in [0.25, 0.3) is 11.1 Å². The number of benzene rings is 1. The molecule has 2 fully saturated rings. The lowest BCUT2D eigenvalue weighted by Gasteiger charge is -2.30. The molecule has 7 heteroatoms. The van der Waals surface area contributed by atoms with Crippen molar-refractivity contribution < 1.29 is 14.4 Å². The lowest BCUT2D eigenvalue weighted by Crippen LogP contribution is -2.48. The number of rotatable bonds is 4. The molecule has 0 unspecified atom stereocenters. The lowest BCUT2D eigenvalue weighted by molar-refractivity contribution is -0.132. The molecule has 0 bridgehead atoms. The van der Waals surface area contributed by atoms with Crippen LogP contribution in [0.1, 0.15) is 42.5 Å². The number of carbonyl (C=O) groups is 3. The Kier molecular flexibility index (Phi) is 4.58. The molecule has 7 nitrogen and oxygen atoms in total. The third kappa shape index (κ3) is 3.13. The average molecular weight is 378 g/mol. The van der Waals surface area contributed by atoms with Gasteiger partial charge in [0.25, 0.3) is 5.91 Å². The predicted octanol–water partition coefficient (Wildman–Crippen LogP) is 2.77. The second-order valence-electron chi connectivity index (χ2n) is 7.40. The fraction of sp³-hybridized carbons (Fsp3) is 0.333. The molecule has 1 saturated carbocycles. The Morgan fingerprint density at radius 1 is 1.11 bits per heavy atom. The van der Waals surface area contributed by atoms with E-state index in [0.29, 0.717) is 24.2 Å². The summed E-state index contributed by atoms with van der Waals surface area (Å²) >= 11 is 0. The summed E-state index contributed by atoms with van der Waals surface area (Å²) in [5.74, 6) is -0.133. The molecule has 2 aromatic rings. The summed E-state index contributed by atoms with van der Waals surface area (Å²) < 4.78 is 0. The van der Waals surface area contributed by atoms with Crippen molar-refractivity contribution >= 4 is 23.5 Å².